The second-order valence-corrected chi connectivity index (χ2v) is 10.1. The first kappa shape index (κ1) is 19.3. The normalized spacial score (nSPS) is 22.4. The van der Waals surface area contributed by atoms with Crippen LogP contribution in [0, 0.1) is 0 Å². The van der Waals surface area contributed by atoms with Crippen LogP contribution in [-0.2, 0) is 14.6 Å². The standard InChI is InChI=1S/C21H22ClNO4S/c1-2-27-16-7-3-14(4-8-16)18-13-19(18)23-20(24)21(11-12-21)28(25,26)17-9-5-15(22)6-10-17/h3-10,18-19H,2,11-13H2,1H3,(H,23,24)/t18-,19+/m0/s1. The van der Waals surface area contributed by atoms with E-state index in [1.807, 2.05) is 31.2 Å². The molecule has 2 aromatic rings. The molecule has 0 spiro atoms. The minimum Gasteiger partial charge on any atom is -0.494 e. The van der Waals surface area contributed by atoms with Crippen molar-refractivity contribution < 1.29 is 17.9 Å². The molecule has 2 fully saturated rings. The van der Waals surface area contributed by atoms with Gasteiger partial charge in [-0.3, -0.25) is 4.79 Å². The lowest BCUT2D eigenvalue weighted by molar-refractivity contribution is -0.121. The molecule has 2 saturated carbocycles. The van der Waals surface area contributed by atoms with Gasteiger partial charge in [0.1, 0.15) is 5.75 Å². The van der Waals surface area contributed by atoms with Crippen molar-refractivity contribution in [1.29, 1.82) is 0 Å². The van der Waals surface area contributed by atoms with Crippen molar-refractivity contribution in [3.63, 3.8) is 0 Å². The number of nitrogens with one attached hydrogen (secondary N) is 1. The van der Waals surface area contributed by atoms with Gasteiger partial charge in [0.05, 0.1) is 11.5 Å². The molecule has 0 unspecified atom stereocenters. The molecule has 0 aliphatic heterocycles. The van der Waals surface area contributed by atoms with Crippen LogP contribution in [0.25, 0.3) is 0 Å². The first-order valence-corrected chi connectivity index (χ1v) is 11.3. The number of halogens is 1. The number of sulfone groups is 1. The number of hydrogen-bond donors (Lipinski definition) is 1. The number of carbonyl (C=O) groups is 1. The summed E-state index contributed by atoms with van der Waals surface area (Å²) >= 11 is 5.85. The van der Waals surface area contributed by atoms with Gasteiger partial charge in [-0.1, -0.05) is 23.7 Å². The first-order valence-electron chi connectivity index (χ1n) is 9.41. The van der Waals surface area contributed by atoms with Crippen LogP contribution in [0.1, 0.15) is 37.7 Å². The van der Waals surface area contributed by atoms with Gasteiger partial charge in [-0.2, -0.15) is 0 Å². The van der Waals surface area contributed by atoms with E-state index in [0.29, 0.717) is 24.5 Å². The molecule has 2 aliphatic rings. The summed E-state index contributed by atoms with van der Waals surface area (Å²) in [5.41, 5.74) is 1.12. The molecule has 28 heavy (non-hydrogen) atoms. The molecule has 0 saturated heterocycles. The molecule has 0 heterocycles. The molecule has 2 atom stereocenters. The van der Waals surface area contributed by atoms with Gasteiger partial charge in [-0.15, -0.1) is 0 Å². The minimum atomic E-state index is -3.74. The summed E-state index contributed by atoms with van der Waals surface area (Å²) in [5, 5.41) is 3.42. The van der Waals surface area contributed by atoms with Crippen molar-refractivity contribution in [2.75, 3.05) is 6.61 Å². The SMILES string of the molecule is CCOc1ccc([C@@H]2C[C@H]2NC(=O)C2(S(=O)(=O)c3ccc(Cl)cc3)CC2)cc1. The predicted octanol–water partition coefficient (Wildman–Crippen LogP) is 3.72. The van der Waals surface area contributed by atoms with Gasteiger partial charge in [0.2, 0.25) is 5.91 Å². The summed E-state index contributed by atoms with van der Waals surface area (Å²) in [5.74, 6) is 0.646. The van der Waals surface area contributed by atoms with Gasteiger partial charge in [0.15, 0.2) is 14.6 Å². The van der Waals surface area contributed by atoms with E-state index >= 15 is 0 Å². The van der Waals surface area contributed by atoms with Crippen molar-refractivity contribution in [2.24, 2.45) is 0 Å². The van der Waals surface area contributed by atoms with Crippen LogP contribution in [0.5, 0.6) is 5.75 Å². The fraction of sp³-hybridized carbons (Fsp3) is 0.381. The number of hydrogen-bond acceptors (Lipinski definition) is 4. The molecule has 5 nitrogen and oxygen atoms in total. The van der Waals surface area contributed by atoms with E-state index in [0.717, 1.165) is 17.7 Å². The molecule has 1 amide bonds. The number of carbonyl (C=O) groups excluding carboxylic acids is 1. The Morgan fingerprint density at radius 1 is 1.14 bits per heavy atom. The van der Waals surface area contributed by atoms with Gasteiger partial charge in [-0.25, -0.2) is 8.42 Å². The van der Waals surface area contributed by atoms with Crippen LogP contribution in [0.2, 0.25) is 5.02 Å². The third-order valence-electron chi connectivity index (χ3n) is 5.48. The van der Waals surface area contributed by atoms with E-state index in [-0.39, 0.29) is 22.8 Å². The maximum Gasteiger partial charge on any atom is 0.242 e. The van der Waals surface area contributed by atoms with E-state index in [9.17, 15) is 13.2 Å². The first-order chi connectivity index (χ1) is 13.4. The topological polar surface area (TPSA) is 72.5 Å². The summed E-state index contributed by atoms with van der Waals surface area (Å²) < 4.78 is 30.1. The zero-order valence-corrected chi connectivity index (χ0v) is 17.1. The van der Waals surface area contributed by atoms with E-state index in [1.165, 1.54) is 24.3 Å². The van der Waals surface area contributed by atoms with Crippen LogP contribution < -0.4 is 10.1 Å². The summed E-state index contributed by atoms with van der Waals surface area (Å²) in [4.78, 5) is 13.0. The third-order valence-corrected chi connectivity index (χ3v) is 8.25. The van der Waals surface area contributed by atoms with Crippen molar-refractivity contribution in [3.05, 3.63) is 59.1 Å². The Labute approximate surface area is 170 Å². The monoisotopic (exact) mass is 419 g/mol. The molecule has 4 rings (SSSR count). The Morgan fingerprint density at radius 3 is 2.36 bits per heavy atom. The Bertz CT molecular complexity index is 982. The second kappa shape index (κ2) is 7.08. The van der Waals surface area contributed by atoms with Crippen LogP contribution in [-0.4, -0.2) is 31.7 Å². The summed E-state index contributed by atoms with van der Waals surface area (Å²) in [6, 6.07) is 13.8. The maximum absolute atomic E-state index is 13.0. The van der Waals surface area contributed by atoms with Gasteiger partial charge in [0.25, 0.3) is 0 Å². The zero-order valence-electron chi connectivity index (χ0n) is 15.5. The van der Waals surface area contributed by atoms with Crippen molar-refractivity contribution in [3.8, 4) is 5.75 Å². The Kier molecular flexibility index (Phi) is 4.88. The van der Waals surface area contributed by atoms with Gasteiger partial charge in [0, 0.05) is 17.0 Å². The highest BCUT2D eigenvalue weighted by Crippen LogP contribution is 2.49. The molecule has 2 aromatic carbocycles. The lowest BCUT2D eigenvalue weighted by atomic mass is 10.1. The second-order valence-electron chi connectivity index (χ2n) is 7.38. The third kappa shape index (κ3) is 3.40. The number of amides is 1. The molecule has 1 N–H and O–H groups in total. The predicted molar refractivity (Wildman–Crippen MR) is 108 cm³/mol. The maximum atomic E-state index is 13.0. The molecule has 148 valence electrons. The van der Waals surface area contributed by atoms with Gasteiger partial charge in [-0.05, 0) is 68.1 Å². The van der Waals surface area contributed by atoms with Crippen molar-refractivity contribution in [2.45, 2.75) is 47.8 Å². The van der Waals surface area contributed by atoms with E-state index < -0.39 is 14.6 Å². The summed E-state index contributed by atoms with van der Waals surface area (Å²) in [6.45, 7) is 2.55. The highest BCUT2D eigenvalue weighted by Gasteiger charge is 2.62. The summed E-state index contributed by atoms with van der Waals surface area (Å²) in [6.07, 6.45) is 1.52. The molecule has 0 radical (unpaired) electrons. The average molecular weight is 420 g/mol. The number of benzene rings is 2. The van der Waals surface area contributed by atoms with E-state index in [1.54, 1.807) is 0 Å². The zero-order chi connectivity index (χ0) is 19.9. The highest BCUT2D eigenvalue weighted by atomic mass is 35.5. The van der Waals surface area contributed by atoms with Crippen LogP contribution in [0.4, 0.5) is 0 Å². The smallest absolute Gasteiger partial charge is 0.242 e. The fourth-order valence-corrected chi connectivity index (χ4v) is 5.59. The Balaban J connectivity index is 1.43. The van der Waals surface area contributed by atoms with Crippen LogP contribution in [0.15, 0.2) is 53.4 Å². The quantitative estimate of drug-likeness (QED) is 0.742. The van der Waals surface area contributed by atoms with E-state index in [2.05, 4.69) is 5.32 Å². The Hall–Kier alpha value is -2.05. The fourth-order valence-electron chi connectivity index (χ4n) is 3.57. The molecular formula is C21H22ClNO4S. The molecule has 7 heteroatoms. The molecule has 0 bridgehead atoms. The lowest BCUT2D eigenvalue weighted by Gasteiger charge is -2.16. The lowest BCUT2D eigenvalue weighted by Crippen LogP contribution is -2.43. The average Bonchev–Trinajstić information content (AvgIpc) is 3.58. The summed E-state index contributed by atoms with van der Waals surface area (Å²) in [7, 11) is -3.74. The van der Waals surface area contributed by atoms with Crippen LogP contribution >= 0.6 is 11.6 Å². The molecule has 2 aliphatic carbocycles. The van der Waals surface area contributed by atoms with Gasteiger partial charge < -0.3 is 10.1 Å². The number of rotatable bonds is 7. The Morgan fingerprint density at radius 2 is 1.79 bits per heavy atom. The minimum absolute atomic E-state index is 0.0247. The number of ether oxygens (including phenoxy) is 1. The largest absolute Gasteiger partial charge is 0.494 e. The van der Waals surface area contributed by atoms with Crippen molar-refractivity contribution >= 4 is 27.3 Å². The van der Waals surface area contributed by atoms with Crippen LogP contribution in [0.3, 0.4) is 0 Å². The molecular weight excluding hydrogens is 398 g/mol. The van der Waals surface area contributed by atoms with Gasteiger partial charge >= 0.3 is 0 Å². The molecule has 0 aromatic heterocycles. The highest BCUT2D eigenvalue weighted by molar-refractivity contribution is 7.94. The van der Waals surface area contributed by atoms with E-state index in [4.69, 9.17) is 16.3 Å². The van der Waals surface area contributed by atoms with Crippen molar-refractivity contribution in [1.82, 2.24) is 5.32 Å².